The van der Waals surface area contributed by atoms with E-state index in [2.05, 4.69) is 9.46 Å². The predicted octanol–water partition coefficient (Wildman–Crippen LogP) is 0.941. The molecule has 0 aliphatic carbocycles. The second-order valence-electron chi connectivity index (χ2n) is 3.61. The predicted molar refractivity (Wildman–Crippen MR) is 70.6 cm³/mol. The number of carbonyl (C=O) groups is 1. The van der Waals surface area contributed by atoms with Crippen molar-refractivity contribution in [3.05, 3.63) is 28.8 Å². The van der Waals surface area contributed by atoms with E-state index in [0.717, 1.165) is 0 Å². The Kier molecular flexibility index (Phi) is 5.59. The van der Waals surface area contributed by atoms with Gasteiger partial charge in [0.25, 0.3) is 0 Å². The van der Waals surface area contributed by atoms with Crippen molar-refractivity contribution in [3.8, 4) is 5.75 Å². The summed E-state index contributed by atoms with van der Waals surface area (Å²) in [6.45, 7) is -0.415. The van der Waals surface area contributed by atoms with E-state index in [1.54, 1.807) is 12.1 Å². The number of benzene rings is 1. The monoisotopic (exact) mass is 307 g/mol. The third-order valence-electron chi connectivity index (χ3n) is 2.25. The number of carbonyl (C=O) groups excluding carboxylic acids is 1. The molecule has 0 atom stereocenters. The summed E-state index contributed by atoms with van der Waals surface area (Å²) in [5.41, 5.74) is 0.410. The van der Waals surface area contributed by atoms with E-state index in [1.807, 2.05) is 0 Å². The van der Waals surface area contributed by atoms with Crippen molar-refractivity contribution in [2.75, 3.05) is 20.8 Å². The van der Waals surface area contributed by atoms with E-state index in [-0.39, 0.29) is 5.75 Å². The number of halogens is 1. The van der Waals surface area contributed by atoms with Gasteiger partial charge in [-0.05, 0) is 18.2 Å². The molecule has 0 aromatic heterocycles. The Morgan fingerprint density at radius 1 is 1.37 bits per heavy atom. The van der Waals surface area contributed by atoms with Gasteiger partial charge in [-0.1, -0.05) is 11.6 Å². The van der Waals surface area contributed by atoms with Gasteiger partial charge in [0.1, 0.15) is 12.3 Å². The Morgan fingerprint density at radius 2 is 2.05 bits per heavy atom. The molecule has 0 radical (unpaired) electrons. The summed E-state index contributed by atoms with van der Waals surface area (Å²) in [5, 5.41) is 0.402. The van der Waals surface area contributed by atoms with Crippen LogP contribution in [-0.2, 0) is 25.3 Å². The molecule has 6 nitrogen and oxygen atoms in total. The summed E-state index contributed by atoms with van der Waals surface area (Å²) < 4.78 is 35.1. The molecule has 0 amide bonds. The van der Waals surface area contributed by atoms with Crippen LogP contribution in [0, 0.1) is 0 Å². The Hall–Kier alpha value is -1.31. The highest BCUT2D eigenvalue weighted by Crippen LogP contribution is 2.24. The number of rotatable bonds is 6. The van der Waals surface area contributed by atoms with Crippen molar-refractivity contribution in [1.29, 1.82) is 0 Å². The maximum absolute atomic E-state index is 11.8. The van der Waals surface area contributed by atoms with Crippen LogP contribution in [0.15, 0.2) is 18.2 Å². The van der Waals surface area contributed by atoms with E-state index in [0.29, 0.717) is 16.3 Å². The minimum absolute atomic E-state index is 0.340. The second-order valence-corrected chi connectivity index (χ2v) is 5.86. The lowest BCUT2D eigenvalue weighted by Gasteiger charge is -2.10. The van der Waals surface area contributed by atoms with E-state index in [9.17, 15) is 13.2 Å². The summed E-state index contributed by atoms with van der Waals surface area (Å²) >= 11 is 5.81. The Morgan fingerprint density at radius 3 is 2.63 bits per heavy atom. The first kappa shape index (κ1) is 15.7. The second kappa shape index (κ2) is 6.74. The molecule has 0 aliphatic heterocycles. The van der Waals surface area contributed by atoms with Gasteiger partial charge in [0.05, 0.1) is 20.0 Å². The molecular weight excluding hydrogens is 294 g/mol. The maximum Gasteiger partial charge on any atom is 0.320 e. The molecule has 0 heterocycles. The van der Waals surface area contributed by atoms with Gasteiger partial charge in [-0.3, -0.25) is 4.79 Å². The lowest BCUT2D eigenvalue weighted by Crippen LogP contribution is -2.31. The number of nitrogens with one attached hydrogen (secondary N) is 1. The Bertz CT molecular complexity index is 558. The Labute approximate surface area is 116 Å². The Balaban J connectivity index is 2.83. The zero-order chi connectivity index (χ0) is 14.5. The fourth-order valence-electron chi connectivity index (χ4n) is 1.36. The average Bonchev–Trinajstić information content (AvgIpc) is 2.36. The van der Waals surface area contributed by atoms with Gasteiger partial charge < -0.3 is 9.47 Å². The highest BCUT2D eigenvalue weighted by molar-refractivity contribution is 7.88. The van der Waals surface area contributed by atoms with Crippen molar-refractivity contribution < 1.29 is 22.7 Å². The van der Waals surface area contributed by atoms with Crippen molar-refractivity contribution in [2.24, 2.45) is 0 Å². The van der Waals surface area contributed by atoms with Crippen LogP contribution >= 0.6 is 11.6 Å². The smallest absolute Gasteiger partial charge is 0.320 e. The molecule has 0 saturated carbocycles. The van der Waals surface area contributed by atoms with Crippen molar-refractivity contribution >= 4 is 27.6 Å². The molecule has 0 aliphatic rings. The van der Waals surface area contributed by atoms with Crippen LogP contribution in [0.25, 0.3) is 0 Å². The van der Waals surface area contributed by atoms with Crippen molar-refractivity contribution in [3.63, 3.8) is 0 Å². The van der Waals surface area contributed by atoms with E-state index in [4.69, 9.17) is 16.3 Å². The molecule has 1 aromatic carbocycles. The number of sulfonamides is 1. The van der Waals surface area contributed by atoms with Crippen LogP contribution in [0.5, 0.6) is 5.75 Å². The number of hydrogen-bond acceptors (Lipinski definition) is 5. The number of ether oxygens (including phenoxy) is 2. The number of methoxy groups -OCH3 is 2. The molecular formula is C11H14ClNO5S. The van der Waals surface area contributed by atoms with Crippen LogP contribution in [0.3, 0.4) is 0 Å². The van der Waals surface area contributed by atoms with Crippen LogP contribution in [0.2, 0.25) is 5.02 Å². The van der Waals surface area contributed by atoms with Gasteiger partial charge in [0.2, 0.25) is 10.0 Å². The quantitative estimate of drug-likeness (QED) is 0.791. The fourth-order valence-corrected chi connectivity index (χ4v) is 2.63. The average molecular weight is 308 g/mol. The van der Waals surface area contributed by atoms with Crippen LogP contribution < -0.4 is 9.46 Å². The topological polar surface area (TPSA) is 81.7 Å². The SMILES string of the molecule is COC(=O)CNS(=O)(=O)Cc1cc(Cl)ccc1OC. The fraction of sp³-hybridized carbons (Fsp3) is 0.364. The lowest BCUT2D eigenvalue weighted by molar-refractivity contribution is -0.139. The van der Waals surface area contributed by atoms with Crippen molar-refractivity contribution in [1.82, 2.24) is 4.72 Å². The van der Waals surface area contributed by atoms with Gasteiger partial charge in [-0.2, -0.15) is 0 Å². The highest BCUT2D eigenvalue weighted by Gasteiger charge is 2.16. The zero-order valence-electron chi connectivity index (χ0n) is 10.5. The number of esters is 1. The van der Waals surface area contributed by atoms with E-state index < -0.39 is 22.5 Å². The summed E-state index contributed by atoms with van der Waals surface area (Å²) in [7, 11) is -1.07. The molecule has 1 rings (SSSR count). The maximum atomic E-state index is 11.8. The summed E-state index contributed by atoms with van der Waals surface area (Å²) in [6, 6.07) is 4.67. The van der Waals surface area contributed by atoms with Gasteiger partial charge in [0.15, 0.2) is 0 Å². The van der Waals surface area contributed by atoms with Gasteiger partial charge in [0, 0.05) is 10.6 Å². The minimum atomic E-state index is -3.68. The molecule has 106 valence electrons. The molecule has 1 N–H and O–H groups in total. The summed E-state index contributed by atoms with van der Waals surface area (Å²) in [4.78, 5) is 10.9. The molecule has 19 heavy (non-hydrogen) atoms. The standard InChI is InChI=1S/C11H14ClNO5S/c1-17-10-4-3-9(12)5-8(10)7-19(15,16)13-6-11(14)18-2/h3-5,13H,6-7H2,1-2H3. The normalized spacial score (nSPS) is 11.1. The van der Waals surface area contributed by atoms with Crippen molar-refractivity contribution in [2.45, 2.75) is 5.75 Å². The first-order valence-corrected chi connectivity index (χ1v) is 7.27. The van der Waals surface area contributed by atoms with Crippen LogP contribution in [0.1, 0.15) is 5.56 Å². The molecule has 8 heteroatoms. The third kappa shape index (κ3) is 5.06. The zero-order valence-corrected chi connectivity index (χ0v) is 12.0. The van der Waals surface area contributed by atoms with Crippen LogP contribution in [0.4, 0.5) is 0 Å². The highest BCUT2D eigenvalue weighted by atomic mass is 35.5. The van der Waals surface area contributed by atoms with E-state index in [1.165, 1.54) is 20.3 Å². The molecule has 0 unspecified atom stereocenters. The molecule has 0 spiro atoms. The first-order valence-electron chi connectivity index (χ1n) is 5.24. The molecule has 0 saturated heterocycles. The van der Waals surface area contributed by atoms with Gasteiger partial charge >= 0.3 is 5.97 Å². The minimum Gasteiger partial charge on any atom is -0.496 e. The molecule has 0 bridgehead atoms. The largest absolute Gasteiger partial charge is 0.496 e. The first-order chi connectivity index (χ1) is 8.88. The lowest BCUT2D eigenvalue weighted by atomic mass is 10.2. The summed E-state index contributed by atoms with van der Waals surface area (Å²) in [5.74, 6) is -0.595. The number of hydrogen-bond donors (Lipinski definition) is 1. The molecule has 0 fully saturated rings. The molecule has 1 aromatic rings. The van der Waals surface area contributed by atoms with Crippen LogP contribution in [-0.4, -0.2) is 35.2 Å². The summed E-state index contributed by atoms with van der Waals surface area (Å²) in [6.07, 6.45) is 0. The van der Waals surface area contributed by atoms with E-state index >= 15 is 0 Å². The van der Waals surface area contributed by atoms with Gasteiger partial charge in [-0.15, -0.1) is 0 Å². The van der Waals surface area contributed by atoms with Gasteiger partial charge in [-0.25, -0.2) is 13.1 Å². The third-order valence-corrected chi connectivity index (χ3v) is 3.76.